The van der Waals surface area contributed by atoms with Gasteiger partial charge in [-0.05, 0) is 38.7 Å². The molecular weight excluding hydrogens is 270 g/mol. The highest BCUT2D eigenvalue weighted by Crippen LogP contribution is 2.14. The van der Waals surface area contributed by atoms with Gasteiger partial charge in [0.2, 0.25) is 0 Å². The van der Waals surface area contributed by atoms with E-state index < -0.39 is 0 Å². The first-order chi connectivity index (χ1) is 9.84. The van der Waals surface area contributed by atoms with Gasteiger partial charge in [0.15, 0.2) is 0 Å². The van der Waals surface area contributed by atoms with Gasteiger partial charge in [-0.15, -0.1) is 0 Å². The number of aryl methyl sites for hydroxylation is 3. The highest BCUT2D eigenvalue weighted by atomic mass is 16.3. The van der Waals surface area contributed by atoms with Crippen LogP contribution in [0.2, 0.25) is 0 Å². The first-order valence-corrected chi connectivity index (χ1v) is 7.28. The molecule has 0 aliphatic rings. The predicted molar refractivity (Wildman–Crippen MR) is 82.7 cm³/mol. The third-order valence-electron chi connectivity index (χ3n) is 3.89. The first-order valence-electron chi connectivity index (χ1n) is 7.28. The van der Waals surface area contributed by atoms with Crippen molar-refractivity contribution in [2.45, 2.75) is 45.8 Å². The molecule has 0 amide bonds. The van der Waals surface area contributed by atoms with Gasteiger partial charge in [0.05, 0.1) is 11.5 Å². The van der Waals surface area contributed by atoms with Gasteiger partial charge in [-0.25, -0.2) is 4.79 Å². The molecule has 2 aromatic rings. The Bertz CT molecular complexity index is 765. The van der Waals surface area contributed by atoms with Crippen molar-refractivity contribution in [3.05, 3.63) is 32.6 Å². The lowest BCUT2D eigenvalue weighted by Gasteiger charge is -2.10. The second kappa shape index (κ2) is 5.89. The predicted octanol–water partition coefficient (Wildman–Crippen LogP) is 0.898. The third kappa shape index (κ3) is 2.81. The highest BCUT2D eigenvalue weighted by Gasteiger charge is 2.15. The van der Waals surface area contributed by atoms with Crippen molar-refractivity contribution < 1.29 is 5.11 Å². The van der Waals surface area contributed by atoms with E-state index in [0.29, 0.717) is 30.4 Å². The number of rotatable bonds is 5. The van der Waals surface area contributed by atoms with Crippen LogP contribution in [0.5, 0.6) is 0 Å². The van der Waals surface area contributed by atoms with E-state index in [1.807, 2.05) is 24.7 Å². The summed E-state index contributed by atoms with van der Waals surface area (Å²) in [5.41, 5.74) is 1.03. The Kier molecular flexibility index (Phi) is 4.37. The SMILES string of the molecule is Cc1cn(C)c2c1c(=O)n(CCCC[C@@H](C)O)c(=O)n2C. The Morgan fingerprint density at radius 3 is 2.52 bits per heavy atom. The number of aromatic nitrogens is 3. The lowest BCUT2D eigenvalue weighted by atomic mass is 10.2. The van der Waals surface area contributed by atoms with Gasteiger partial charge < -0.3 is 9.67 Å². The van der Waals surface area contributed by atoms with Gasteiger partial charge in [0, 0.05) is 26.8 Å². The second-order valence-corrected chi connectivity index (χ2v) is 5.76. The van der Waals surface area contributed by atoms with Crippen molar-refractivity contribution >= 4 is 11.0 Å². The molecule has 0 fully saturated rings. The standard InChI is InChI=1S/C15H23N3O3/c1-10-9-16(3)13-12(10)14(20)18(15(21)17(13)4)8-6-5-7-11(2)19/h9,11,19H,5-8H2,1-4H3/t11-/m1/s1. The Morgan fingerprint density at radius 1 is 1.24 bits per heavy atom. The minimum Gasteiger partial charge on any atom is -0.393 e. The van der Waals surface area contributed by atoms with Gasteiger partial charge >= 0.3 is 5.69 Å². The molecule has 21 heavy (non-hydrogen) atoms. The second-order valence-electron chi connectivity index (χ2n) is 5.76. The molecule has 0 unspecified atom stereocenters. The number of fused-ring (bicyclic) bond motifs is 1. The van der Waals surface area contributed by atoms with E-state index in [0.717, 1.165) is 12.0 Å². The largest absolute Gasteiger partial charge is 0.393 e. The zero-order valence-electron chi connectivity index (χ0n) is 13.1. The van der Waals surface area contributed by atoms with Gasteiger partial charge in [-0.3, -0.25) is 13.9 Å². The first kappa shape index (κ1) is 15.6. The lowest BCUT2D eigenvalue weighted by molar-refractivity contribution is 0.180. The monoisotopic (exact) mass is 293 g/mol. The van der Waals surface area contributed by atoms with Crippen LogP contribution in [-0.4, -0.2) is 24.9 Å². The van der Waals surface area contributed by atoms with Crippen molar-refractivity contribution in [3.63, 3.8) is 0 Å². The Morgan fingerprint density at radius 2 is 1.90 bits per heavy atom. The molecule has 0 radical (unpaired) electrons. The van der Waals surface area contributed by atoms with Crippen LogP contribution in [0.1, 0.15) is 31.7 Å². The van der Waals surface area contributed by atoms with Crippen molar-refractivity contribution in [1.82, 2.24) is 13.7 Å². The summed E-state index contributed by atoms with van der Waals surface area (Å²) in [5.74, 6) is 0. The molecule has 2 rings (SSSR count). The Hall–Kier alpha value is -1.82. The third-order valence-corrected chi connectivity index (χ3v) is 3.89. The van der Waals surface area contributed by atoms with E-state index in [1.54, 1.807) is 14.0 Å². The Balaban J connectivity index is 2.43. The summed E-state index contributed by atoms with van der Waals surface area (Å²) in [7, 11) is 3.52. The molecule has 116 valence electrons. The molecule has 0 bridgehead atoms. The topological polar surface area (TPSA) is 69.2 Å². The fourth-order valence-electron chi connectivity index (χ4n) is 2.84. The average Bonchev–Trinajstić information content (AvgIpc) is 2.70. The number of nitrogens with zero attached hydrogens (tertiary/aromatic N) is 3. The van der Waals surface area contributed by atoms with Crippen molar-refractivity contribution in [2.24, 2.45) is 14.1 Å². The number of unbranched alkanes of at least 4 members (excludes halogenated alkanes) is 1. The molecule has 1 N–H and O–H groups in total. The van der Waals surface area contributed by atoms with Gasteiger partial charge in [0.25, 0.3) is 5.56 Å². The molecule has 0 spiro atoms. The lowest BCUT2D eigenvalue weighted by Crippen LogP contribution is -2.39. The summed E-state index contributed by atoms with van der Waals surface area (Å²) < 4.78 is 4.64. The van der Waals surface area contributed by atoms with Crippen LogP contribution < -0.4 is 11.2 Å². The van der Waals surface area contributed by atoms with Crippen LogP contribution in [-0.2, 0) is 20.6 Å². The van der Waals surface area contributed by atoms with Gasteiger partial charge in [0.1, 0.15) is 5.65 Å². The fourth-order valence-corrected chi connectivity index (χ4v) is 2.84. The number of aliphatic hydroxyl groups excluding tert-OH is 1. The van der Waals surface area contributed by atoms with E-state index in [-0.39, 0.29) is 17.4 Å². The molecule has 0 aliphatic carbocycles. The minimum absolute atomic E-state index is 0.219. The van der Waals surface area contributed by atoms with E-state index in [2.05, 4.69) is 0 Å². The smallest absolute Gasteiger partial charge is 0.332 e. The Labute approximate surface area is 123 Å². The number of hydrogen-bond acceptors (Lipinski definition) is 3. The minimum atomic E-state index is -0.344. The molecule has 2 aromatic heterocycles. The van der Waals surface area contributed by atoms with E-state index in [1.165, 1.54) is 9.13 Å². The van der Waals surface area contributed by atoms with Crippen LogP contribution in [0.15, 0.2) is 15.8 Å². The summed E-state index contributed by atoms with van der Waals surface area (Å²) in [6, 6.07) is 0. The molecule has 6 heteroatoms. The van der Waals surface area contributed by atoms with Crippen LogP contribution in [0.3, 0.4) is 0 Å². The van der Waals surface area contributed by atoms with Crippen LogP contribution >= 0.6 is 0 Å². The molecule has 0 aromatic carbocycles. The highest BCUT2D eigenvalue weighted by molar-refractivity contribution is 5.79. The zero-order valence-corrected chi connectivity index (χ0v) is 13.1. The van der Waals surface area contributed by atoms with Crippen LogP contribution in [0, 0.1) is 6.92 Å². The summed E-state index contributed by atoms with van der Waals surface area (Å²) >= 11 is 0. The summed E-state index contributed by atoms with van der Waals surface area (Å²) in [6.07, 6.45) is 3.70. The summed E-state index contributed by atoms with van der Waals surface area (Å²) in [6.45, 7) is 4.01. The van der Waals surface area contributed by atoms with Crippen molar-refractivity contribution in [2.75, 3.05) is 0 Å². The molecule has 0 saturated carbocycles. The summed E-state index contributed by atoms with van der Waals surface area (Å²) in [4.78, 5) is 24.9. The maximum atomic E-state index is 12.6. The number of aliphatic hydroxyl groups is 1. The zero-order chi connectivity index (χ0) is 15.7. The van der Waals surface area contributed by atoms with Gasteiger partial charge in [-0.2, -0.15) is 0 Å². The molecular formula is C15H23N3O3. The molecule has 0 saturated heterocycles. The van der Waals surface area contributed by atoms with Crippen LogP contribution in [0.25, 0.3) is 11.0 Å². The van der Waals surface area contributed by atoms with E-state index in [4.69, 9.17) is 0 Å². The average molecular weight is 293 g/mol. The fraction of sp³-hybridized carbons (Fsp3) is 0.600. The van der Waals surface area contributed by atoms with Gasteiger partial charge in [-0.1, -0.05) is 0 Å². The van der Waals surface area contributed by atoms with Crippen LogP contribution in [0.4, 0.5) is 0 Å². The van der Waals surface area contributed by atoms with E-state index >= 15 is 0 Å². The summed E-state index contributed by atoms with van der Waals surface area (Å²) in [5, 5.41) is 9.85. The molecule has 1 atom stereocenters. The normalized spacial score (nSPS) is 13.0. The van der Waals surface area contributed by atoms with Crippen molar-refractivity contribution in [3.8, 4) is 0 Å². The molecule has 0 aliphatic heterocycles. The molecule has 6 nitrogen and oxygen atoms in total. The maximum absolute atomic E-state index is 12.6. The van der Waals surface area contributed by atoms with E-state index in [9.17, 15) is 14.7 Å². The maximum Gasteiger partial charge on any atom is 0.332 e. The van der Waals surface area contributed by atoms with Crippen molar-refractivity contribution in [1.29, 1.82) is 0 Å². The number of hydrogen-bond donors (Lipinski definition) is 1. The quantitative estimate of drug-likeness (QED) is 0.833. The molecule has 2 heterocycles.